The van der Waals surface area contributed by atoms with Crippen molar-refractivity contribution < 1.29 is 4.74 Å². The summed E-state index contributed by atoms with van der Waals surface area (Å²) in [4.78, 5) is 2.54. The lowest BCUT2D eigenvalue weighted by Gasteiger charge is -2.18. The van der Waals surface area contributed by atoms with Crippen LogP contribution >= 0.6 is 0 Å². The molecule has 1 aliphatic rings. The molecule has 1 aliphatic heterocycles. The average Bonchev–Trinajstić information content (AvgIpc) is 3.11. The molecule has 1 atom stereocenters. The fraction of sp³-hybridized carbons (Fsp3) is 0.556. The quantitative estimate of drug-likeness (QED) is 0.805. The second-order valence-corrected chi connectivity index (χ2v) is 7.04. The highest BCUT2D eigenvalue weighted by molar-refractivity contribution is 5.98. The van der Waals surface area contributed by atoms with Crippen molar-refractivity contribution in [3.63, 3.8) is 0 Å². The molecule has 1 aromatic heterocycles. The van der Waals surface area contributed by atoms with E-state index in [-0.39, 0.29) is 0 Å². The molecular weight excluding hydrogens is 288 g/mol. The van der Waals surface area contributed by atoms with Gasteiger partial charge in [0.25, 0.3) is 0 Å². The molecule has 1 fully saturated rings. The number of H-pyrrole nitrogens is 1. The molecule has 5 heteroatoms. The Morgan fingerprint density at radius 3 is 3.04 bits per heavy atom. The zero-order valence-electron chi connectivity index (χ0n) is 14.2. The summed E-state index contributed by atoms with van der Waals surface area (Å²) < 4.78 is 6.04. The minimum absolute atomic E-state index is 0.612. The number of fused-ring (bicyclic) bond motifs is 1. The Labute approximate surface area is 137 Å². The Kier molecular flexibility index (Phi) is 4.66. The van der Waals surface area contributed by atoms with E-state index in [0.717, 1.165) is 47.0 Å². The predicted octanol–water partition coefficient (Wildman–Crippen LogP) is 3.23. The standard InChI is InChI=1S/C18H26N4O/c1-12(2)9-22-5-4-14(10-22)11-23-15-6-13(3)18-16(7-15)20-21-17(18)8-19/h6-8,12,14,19H,4-5,9-11H2,1-3H3,(H,20,21). The SMILES string of the molecule is Cc1cc(OCC2CCN(CC(C)C)C2)cc2n[nH]c(C=N)c12. The van der Waals surface area contributed by atoms with Gasteiger partial charge in [-0.15, -0.1) is 0 Å². The molecule has 0 aliphatic carbocycles. The smallest absolute Gasteiger partial charge is 0.121 e. The summed E-state index contributed by atoms with van der Waals surface area (Å²) >= 11 is 0. The van der Waals surface area contributed by atoms with E-state index in [9.17, 15) is 0 Å². The number of nitrogens with zero attached hydrogens (tertiary/aromatic N) is 2. The van der Waals surface area contributed by atoms with Crippen LogP contribution in [0.4, 0.5) is 0 Å². The molecule has 1 saturated heterocycles. The zero-order valence-corrected chi connectivity index (χ0v) is 14.2. The van der Waals surface area contributed by atoms with Crippen LogP contribution in [-0.2, 0) is 0 Å². The molecule has 5 nitrogen and oxygen atoms in total. The fourth-order valence-corrected chi connectivity index (χ4v) is 3.48. The molecular formula is C18H26N4O. The number of nitrogens with one attached hydrogen (secondary N) is 2. The maximum atomic E-state index is 7.42. The van der Waals surface area contributed by atoms with Crippen molar-refractivity contribution in [3.8, 4) is 5.75 Å². The summed E-state index contributed by atoms with van der Waals surface area (Å²) in [6.45, 7) is 10.9. The van der Waals surface area contributed by atoms with Gasteiger partial charge in [0.05, 0.1) is 17.8 Å². The number of aryl methyl sites for hydroxylation is 1. The van der Waals surface area contributed by atoms with Crippen LogP contribution in [0, 0.1) is 24.2 Å². The molecule has 2 heterocycles. The first-order chi connectivity index (χ1) is 11.1. The molecule has 0 spiro atoms. The van der Waals surface area contributed by atoms with Crippen molar-refractivity contribution in [1.29, 1.82) is 5.41 Å². The Morgan fingerprint density at radius 1 is 1.48 bits per heavy atom. The molecule has 2 N–H and O–H groups in total. The molecule has 23 heavy (non-hydrogen) atoms. The Balaban J connectivity index is 1.63. The van der Waals surface area contributed by atoms with Crippen molar-refractivity contribution in [2.45, 2.75) is 27.2 Å². The van der Waals surface area contributed by atoms with Gasteiger partial charge in [-0.05, 0) is 37.4 Å². The number of ether oxygens (including phenoxy) is 1. The molecule has 3 rings (SSSR count). The normalized spacial score (nSPS) is 18.9. The van der Waals surface area contributed by atoms with Crippen LogP contribution in [0.25, 0.3) is 10.9 Å². The minimum atomic E-state index is 0.612. The van der Waals surface area contributed by atoms with Crippen LogP contribution in [0.5, 0.6) is 5.75 Å². The Hall–Kier alpha value is -1.88. The molecule has 0 bridgehead atoms. The summed E-state index contributed by atoms with van der Waals surface area (Å²) in [6.07, 6.45) is 2.53. The number of hydrogen-bond acceptors (Lipinski definition) is 4. The molecule has 2 aromatic rings. The van der Waals surface area contributed by atoms with Gasteiger partial charge in [0.1, 0.15) is 5.75 Å². The highest BCUT2D eigenvalue weighted by atomic mass is 16.5. The lowest BCUT2D eigenvalue weighted by molar-refractivity contribution is 0.233. The third-order valence-electron chi connectivity index (χ3n) is 4.48. The van der Waals surface area contributed by atoms with E-state index in [0.29, 0.717) is 5.92 Å². The van der Waals surface area contributed by atoms with Crippen LogP contribution in [-0.4, -0.2) is 47.6 Å². The maximum absolute atomic E-state index is 7.42. The number of hydrogen-bond donors (Lipinski definition) is 2. The van der Waals surface area contributed by atoms with Gasteiger partial charge in [0.15, 0.2) is 0 Å². The van der Waals surface area contributed by atoms with E-state index in [1.165, 1.54) is 25.7 Å². The third kappa shape index (κ3) is 3.55. The van der Waals surface area contributed by atoms with E-state index in [1.807, 2.05) is 19.1 Å². The summed E-state index contributed by atoms with van der Waals surface area (Å²) in [5.74, 6) is 2.21. The lowest BCUT2D eigenvalue weighted by atomic mass is 10.1. The minimum Gasteiger partial charge on any atom is -0.493 e. The van der Waals surface area contributed by atoms with Crippen LogP contribution in [0.15, 0.2) is 12.1 Å². The Bertz CT molecular complexity index is 692. The average molecular weight is 314 g/mol. The number of aromatic amines is 1. The summed E-state index contributed by atoms with van der Waals surface area (Å²) in [7, 11) is 0. The first kappa shape index (κ1) is 16.0. The zero-order chi connectivity index (χ0) is 16.4. The topological polar surface area (TPSA) is 65.0 Å². The number of benzene rings is 1. The van der Waals surface area contributed by atoms with Gasteiger partial charge in [0, 0.05) is 36.7 Å². The highest BCUT2D eigenvalue weighted by Crippen LogP contribution is 2.26. The first-order valence-electron chi connectivity index (χ1n) is 8.41. The van der Waals surface area contributed by atoms with Crippen molar-refractivity contribution in [1.82, 2.24) is 15.1 Å². The van der Waals surface area contributed by atoms with Gasteiger partial charge in [0.2, 0.25) is 0 Å². The van der Waals surface area contributed by atoms with Gasteiger partial charge >= 0.3 is 0 Å². The first-order valence-corrected chi connectivity index (χ1v) is 8.41. The number of likely N-dealkylation sites (tertiary alicyclic amines) is 1. The van der Waals surface area contributed by atoms with Crippen LogP contribution in [0.3, 0.4) is 0 Å². The van der Waals surface area contributed by atoms with Crippen LogP contribution in [0.2, 0.25) is 0 Å². The summed E-state index contributed by atoms with van der Waals surface area (Å²) in [5.41, 5.74) is 2.72. The summed E-state index contributed by atoms with van der Waals surface area (Å²) in [6, 6.07) is 4.01. The van der Waals surface area contributed by atoms with E-state index in [4.69, 9.17) is 10.1 Å². The summed E-state index contributed by atoms with van der Waals surface area (Å²) in [5, 5.41) is 15.6. The van der Waals surface area contributed by atoms with E-state index in [2.05, 4.69) is 28.9 Å². The number of aromatic nitrogens is 2. The maximum Gasteiger partial charge on any atom is 0.121 e. The molecule has 0 amide bonds. The monoisotopic (exact) mass is 314 g/mol. The van der Waals surface area contributed by atoms with Gasteiger partial charge in [-0.25, -0.2) is 0 Å². The number of rotatable bonds is 6. The highest BCUT2D eigenvalue weighted by Gasteiger charge is 2.23. The third-order valence-corrected chi connectivity index (χ3v) is 4.48. The van der Waals surface area contributed by atoms with Crippen LogP contribution in [0.1, 0.15) is 31.5 Å². The largest absolute Gasteiger partial charge is 0.493 e. The van der Waals surface area contributed by atoms with Gasteiger partial charge in [-0.3, -0.25) is 5.10 Å². The van der Waals surface area contributed by atoms with E-state index >= 15 is 0 Å². The fourth-order valence-electron chi connectivity index (χ4n) is 3.48. The van der Waals surface area contributed by atoms with Gasteiger partial charge < -0.3 is 15.0 Å². The van der Waals surface area contributed by atoms with Crippen molar-refractivity contribution >= 4 is 17.1 Å². The van der Waals surface area contributed by atoms with E-state index in [1.54, 1.807) is 0 Å². The molecule has 0 radical (unpaired) electrons. The van der Waals surface area contributed by atoms with Gasteiger partial charge in [-0.1, -0.05) is 13.8 Å². The van der Waals surface area contributed by atoms with Crippen molar-refractivity contribution in [3.05, 3.63) is 23.4 Å². The van der Waals surface area contributed by atoms with Gasteiger partial charge in [-0.2, -0.15) is 5.10 Å². The molecule has 1 unspecified atom stereocenters. The molecule has 1 aromatic carbocycles. The second kappa shape index (κ2) is 6.71. The molecule has 124 valence electrons. The predicted molar refractivity (Wildman–Crippen MR) is 93.6 cm³/mol. The second-order valence-electron chi connectivity index (χ2n) is 7.04. The van der Waals surface area contributed by atoms with E-state index < -0.39 is 0 Å². The van der Waals surface area contributed by atoms with Crippen molar-refractivity contribution in [2.24, 2.45) is 11.8 Å². The van der Waals surface area contributed by atoms with Crippen molar-refractivity contribution in [2.75, 3.05) is 26.2 Å². The molecule has 0 saturated carbocycles. The Morgan fingerprint density at radius 2 is 2.30 bits per heavy atom. The van der Waals surface area contributed by atoms with Crippen LogP contribution < -0.4 is 4.74 Å². The lowest BCUT2D eigenvalue weighted by Crippen LogP contribution is -2.26.